The molecule has 0 rings (SSSR count). The molecule has 2 atom stereocenters. The third-order valence-electron chi connectivity index (χ3n) is 2.17. The van der Waals surface area contributed by atoms with Crippen LogP contribution in [-0.4, -0.2) is 24.5 Å². The van der Waals surface area contributed by atoms with E-state index >= 15 is 0 Å². The molecule has 0 radical (unpaired) electrons. The van der Waals surface area contributed by atoms with E-state index in [0.29, 0.717) is 12.6 Å². The Kier molecular flexibility index (Phi) is 6.87. The van der Waals surface area contributed by atoms with E-state index in [0.717, 1.165) is 12.8 Å². The molecule has 0 aliphatic rings. The van der Waals surface area contributed by atoms with Crippen LogP contribution >= 0.6 is 0 Å². The Morgan fingerprint density at radius 1 is 1.43 bits per heavy atom. The second-order valence-electron chi connectivity index (χ2n) is 3.39. The Hall–Kier alpha value is -1.01. The lowest BCUT2D eigenvalue weighted by Crippen LogP contribution is -2.41. The van der Waals surface area contributed by atoms with Gasteiger partial charge in [-0.25, -0.2) is 0 Å². The van der Waals surface area contributed by atoms with Crippen molar-refractivity contribution in [3.05, 3.63) is 0 Å². The first kappa shape index (κ1) is 13.0. The molecule has 2 unspecified atom stereocenters. The molecular formula is C11H20N2O. The lowest BCUT2D eigenvalue weighted by molar-refractivity contribution is -0.120. The molecule has 0 aliphatic carbocycles. The highest BCUT2D eigenvalue weighted by Crippen LogP contribution is 1.89. The minimum absolute atomic E-state index is 0.0323. The van der Waals surface area contributed by atoms with E-state index in [1.165, 1.54) is 0 Å². The van der Waals surface area contributed by atoms with E-state index in [1.807, 2.05) is 13.8 Å². The summed E-state index contributed by atoms with van der Waals surface area (Å²) >= 11 is 0. The van der Waals surface area contributed by atoms with Gasteiger partial charge in [-0.2, -0.15) is 0 Å². The van der Waals surface area contributed by atoms with E-state index in [2.05, 4.69) is 23.5 Å². The Labute approximate surface area is 86.6 Å². The van der Waals surface area contributed by atoms with Gasteiger partial charge in [0.25, 0.3) is 0 Å². The van der Waals surface area contributed by atoms with Gasteiger partial charge in [0.2, 0.25) is 5.91 Å². The molecule has 0 heterocycles. The zero-order valence-electron chi connectivity index (χ0n) is 9.26. The molecule has 0 aliphatic heterocycles. The van der Waals surface area contributed by atoms with E-state index in [-0.39, 0.29) is 11.9 Å². The molecule has 0 fully saturated rings. The van der Waals surface area contributed by atoms with Gasteiger partial charge in [0, 0.05) is 6.04 Å². The summed E-state index contributed by atoms with van der Waals surface area (Å²) < 4.78 is 0. The van der Waals surface area contributed by atoms with Crippen molar-refractivity contribution in [2.24, 2.45) is 0 Å². The van der Waals surface area contributed by atoms with Crippen LogP contribution in [0.1, 0.15) is 33.6 Å². The van der Waals surface area contributed by atoms with E-state index in [9.17, 15) is 4.79 Å². The van der Waals surface area contributed by atoms with Crippen LogP contribution in [0.4, 0.5) is 0 Å². The zero-order chi connectivity index (χ0) is 11.0. The summed E-state index contributed by atoms with van der Waals surface area (Å²) in [5.74, 6) is 2.49. The first-order valence-corrected chi connectivity index (χ1v) is 5.12. The molecule has 3 heteroatoms. The number of rotatable bonds is 6. The summed E-state index contributed by atoms with van der Waals surface area (Å²) in [6, 6.07) is 0.230. The van der Waals surface area contributed by atoms with Gasteiger partial charge in [-0.3, -0.25) is 4.79 Å². The Morgan fingerprint density at radius 3 is 2.50 bits per heavy atom. The predicted octanol–water partition coefficient (Wildman–Crippen LogP) is 0.902. The maximum absolute atomic E-state index is 11.3. The van der Waals surface area contributed by atoms with Crippen LogP contribution in [0.2, 0.25) is 0 Å². The van der Waals surface area contributed by atoms with Crippen LogP contribution in [-0.2, 0) is 4.79 Å². The van der Waals surface area contributed by atoms with Crippen LogP contribution in [0.25, 0.3) is 0 Å². The summed E-state index contributed by atoms with van der Waals surface area (Å²) in [6.07, 6.45) is 7.01. The first-order chi connectivity index (χ1) is 6.63. The topological polar surface area (TPSA) is 41.1 Å². The number of hydrogen-bond acceptors (Lipinski definition) is 2. The lowest BCUT2D eigenvalue weighted by Gasteiger charge is -2.13. The van der Waals surface area contributed by atoms with E-state index < -0.39 is 0 Å². The van der Waals surface area contributed by atoms with Crippen LogP contribution in [0, 0.1) is 12.3 Å². The van der Waals surface area contributed by atoms with Gasteiger partial charge in [-0.15, -0.1) is 6.42 Å². The second kappa shape index (κ2) is 7.40. The number of carbonyl (C=O) groups excluding carboxylic acids is 1. The van der Waals surface area contributed by atoms with Gasteiger partial charge < -0.3 is 10.6 Å². The molecule has 0 saturated carbocycles. The SMILES string of the molecule is C#CC(CC)NC(=O)CNC(C)CC. The average Bonchev–Trinajstić information content (AvgIpc) is 2.22. The highest BCUT2D eigenvalue weighted by atomic mass is 16.1. The molecule has 0 spiro atoms. The van der Waals surface area contributed by atoms with Gasteiger partial charge in [-0.05, 0) is 19.8 Å². The fourth-order valence-electron chi connectivity index (χ4n) is 0.918. The van der Waals surface area contributed by atoms with Gasteiger partial charge >= 0.3 is 0 Å². The molecule has 80 valence electrons. The Morgan fingerprint density at radius 2 is 2.07 bits per heavy atom. The first-order valence-electron chi connectivity index (χ1n) is 5.12. The monoisotopic (exact) mass is 196 g/mol. The van der Waals surface area contributed by atoms with Crippen molar-refractivity contribution in [3.8, 4) is 12.3 Å². The number of terminal acetylenes is 1. The molecule has 14 heavy (non-hydrogen) atoms. The third kappa shape index (κ3) is 5.60. The molecule has 1 amide bonds. The van der Waals surface area contributed by atoms with Crippen molar-refractivity contribution in [2.75, 3.05) is 6.54 Å². The molecule has 2 N–H and O–H groups in total. The molecule has 3 nitrogen and oxygen atoms in total. The molecule has 0 aromatic carbocycles. The van der Waals surface area contributed by atoms with Crippen LogP contribution in [0.15, 0.2) is 0 Å². The van der Waals surface area contributed by atoms with Crippen molar-refractivity contribution < 1.29 is 4.79 Å². The van der Waals surface area contributed by atoms with Crippen molar-refractivity contribution in [2.45, 2.75) is 45.7 Å². The highest BCUT2D eigenvalue weighted by Gasteiger charge is 2.07. The van der Waals surface area contributed by atoms with E-state index in [1.54, 1.807) is 0 Å². The molecule has 0 aromatic heterocycles. The molecule has 0 aromatic rings. The maximum Gasteiger partial charge on any atom is 0.234 e. The van der Waals surface area contributed by atoms with Gasteiger partial charge in [0.15, 0.2) is 0 Å². The maximum atomic E-state index is 11.3. The average molecular weight is 196 g/mol. The van der Waals surface area contributed by atoms with Crippen LogP contribution in [0.3, 0.4) is 0 Å². The van der Waals surface area contributed by atoms with Gasteiger partial charge in [0.1, 0.15) is 0 Å². The van der Waals surface area contributed by atoms with Crippen molar-refractivity contribution in [1.29, 1.82) is 0 Å². The Bertz CT molecular complexity index is 208. The Balaban J connectivity index is 3.71. The largest absolute Gasteiger partial charge is 0.341 e. The molecule has 0 saturated heterocycles. The zero-order valence-corrected chi connectivity index (χ0v) is 9.26. The smallest absolute Gasteiger partial charge is 0.234 e. The number of nitrogens with one attached hydrogen (secondary N) is 2. The third-order valence-corrected chi connectivity index (χ3v) is 2.17. The van der Waals surface area contributed by atoms with Crippen molar-refractivity contribution in [1.82, 2.24) is 10.6 Å². The highest BCUT2D eigenvalue weighted by molar-refractivity contribution is 5.78. The lowest BCUT2D eigenvalue weighted by atomic mass is 10.2. The molecule has 0 bridgehead atoms. The fraction of sp³-hybridized carbons (Fsp3) is 0.727. The second-order valence-corrected chi connectivity index (χ2v) is 3.39. The van der Waals surface area contributed by atoms with Gasteiger partial charge in [0.05, 0.1) is 12.6 Å². The quantitative estimate of drug-likeness (QED) is 0.620. The number of amides is 1. The van der Waals surface area contributed by atoms with Crippen LogP contribution < -0.4 is 10.6 Å². The summed E-state index contributed by atoms with van der Waals surface area (Å²) in [4.78, 5) is 11.3. The fourth-order valence-corrected chi connectivity index (χ4v) is 0.918. The van der Waals surface area contributed by atoms with Crippen molar-refractivity contribution >= 4 is 5.91 Å². The normalized spacial score (nSPS) is 14.1. The summed E-state index contributed by atoms with van der Waals surface area (Å²) in [5.41, 5.74) is 0. The summed E-state index contributed by atoms with van der Waals surface area (Å²) in [7, 11) is 0. The molecular weight excluding hydrogens is 176 g/mol. The van der Waals surface area contributed by atoms with Gasteiger partial charge in [-0.1, -0.05) is 19.8 Å². The number of carbonyl (C=O) groups is 1. The summed E-state index contributed by atoms with van der Waals surface area (Å²) in [5, 5.41) is 5.86. The van der Waals surface area contributed by atoms with Crippen molar-refractivity contribution in [3.63, 3.8) is 0 Å². The summed E-state index contributed by atoms with van der Waals surface area (Å²) in [6.45, 7) is 6.41. The van der Waals surface area contributed by atoms with E-state index in [4.69, 9.17) is 6.42 Å². The van der Waals surface area contributed by atoms with Crippen LogP contribution in [0.5, 0.6) is 0 Å². The minimum atomic E-state index is -0.138. The number of hydrogen-bond donors (Lipinski definition) is 2. The predicted molar refractivity (Wildman–Crippen MR) is 58.8 cm³/mol. The minimum Gasteiger partial charge on any atom is -0.341 e. The standard InChI is InChI=1S/C11H20N2O/c1-5-9(4)12-8-11(14)13-10(6-2)7-3/h2,9-10,12H,5,7-8H2,1,3-4H3,(H,13,14).